The van der Waals surface area contributed by atoms with Gasteiger partial charge in [0, 0.05) is 32.9 Å². The van der Waals surface area contributed by atoms with Gasteiger partial charge in [-0.3, -0.25) is 0 Å². The van der Waals surface area contributed by atoms with Gasteiger partial charge in [0.2, 0.25) is 0 Å². The Morgan fingerprint density at radius 3 is 1.07 bits per heavy atom. The van der Waals surface area contributed by atoms with Crippen LogP contribution in [-0.2, 0) is 17.3 Å². The summed E-state index contributed by atoms with van der Waals surface area (Å²) in [6, 6.07) is 64.0. The zero-order valence-electron chi connectivity index (χ0n) is 34.8. The van der Waals surface area contributed by atoms with Crippen molar-refractivity contribution in [3.05, 3.63) is 192 Å². The lowest BCUT2D eigenvalue weighted by Gasteiger charge is -2.19. The predicted molar refractivity (Wildman–Crippen MR) is 252 cm³/mol. The topological polar surface area (TPSA) is 9.86 Å². The van der Waals surface area contributed by atoms with Crippen LogP contribution in [0.5, 0.6) is 0 Å². The number of hydrogen-bond donors (Lipinski definition) is 0. The molecule has 59 heavy (non-hydrogen) atoms. The molecule has 1 aliphatic rings. The Kier molecular flexibility index (Phi) is 7.79. The highest BCUT2D eigenvalue weighted by atomic mass is 15.0. The molecule has 0 amide bonds. The second kappa shape index (κ2) is 12.9. The fourth-order valence-corrected chi connectivity index (χ4v) is 9.58. The van der Waals surface area contributed by atoms with Crippen LogP contribution in [0.15, 0.2) is 170 Å². The third-order valence-corrected chi connectivity index (χ3v) is 12.8. The van der Waals surface area contributed by atoms with Gasteiger partial charge in [0.15, 0.2) is 0 Å². The van der Waals surface area contributed by atoms with Crippen molar-refractivity contribution in [2.24, 2.45) is 0 Å². The largest absolute Gasteiger partial charge is 0.309 e. The summed E-state index contributed by atoms with van der Waals surface area (Å²) in [7, 11) is 0. The van der Waals surface area contributed by atoms with Crippen molar-refractivity contribution < 1.29 is 0 Å². The van der Waals surface area contributed by atoms with E-state index in [-0.39, 0.29) is 10.8 Å². The van der Waals surface area contributed by atoms with Gasteiger partial charge >= 0.3 is 0 Å². The van der Waals surface area contributed by atoms with Crippen molar-refractivity contribution in [1.82, 2.24) is 9.13 Å². The normalized spacial score (nSPS) is 12.8. The summed E-state index contributed by atoms with van der Waals surface area (Å²) in [5.41, 5.74) is 20.6. The van der Waals surface area contributed by atoms with Gasteiger partial charge in [0.1, 0.15) is 0 Å². The highest BCUT2D eigenvalue weighted by molar-refractivity contribution is 6.12. The van der Waals surface area contributed by atoms with Crippen molar-refractivity contribution in [3.8, 4) is 44.8 Å². The highest BCUT2D eigenvalue weighted by Gasteiger charge is 2.23. The van der Waals surface area contributed by atoms with E-state index >= 15 is 0 Å². The number of hydrogen-bond acceptors (Lipinski definition) is 0. The van der Waals surface area contributed by atoms with E-state index < -0.39 is 0 Å². The molecule has 2 aromatic heterocycles. The molecule has 1 aliphatic carbocycles. The van der Waals surface area contributed by atoms with Crippen molar-refractivity contribution in [2.75, 3.05) is 0 Å². The van der Waals surface area contributed by atoms with Crippen LogP contribution in [0.3, 0.4) is 0 Å². The Labute approximate surface area is 347 Å². The zero-order chi connectivity index (χ0) is 40.2. The summed E-state index contributed by atoms with van der Waals surface area (Å²) in [4.78, 5) is 0. The van der Waals surface area contributed by atoms with Crippen LogP contribution >= 0.6 is 0 Å². The summed E-state index contributed by atoms with van der Waals surface area (Å²) in [6.07, 6.45) is 0.962. The quantitative estimate of drug-likeness (QED) is 0.169. The van der Waals surface area contributed by atoms with Gasteiger partial charge in [0.05, 0.1) is 22.1 Å². The fourth-order valence-electron chi connectivity index (χ4n) is 9.58. The molecule has 0 saturated heterocycles. The zero-order valence-corrected chi connectivity index (χ0v) is 34.8. The molecule has 0 N–H and O–H groups in total. The third kappa shape index (κ3) is 5.76. The van der Waals surface area contributed by atoms with Gasteiger partial charge in [-0.1, -0.05) is 126 Å². The number of benzene rings is 8. The first kappa shape index (κ1) is 35.5. The van der Waals surface area contributed by atoms with E-state index in [1.807, 2.05) is 0 Å². The van der Waals surface area contributed by atoms with Crippen LogP contribution in [0.1, 0.15) is 63.8 Å². The van der Waals surface area contributed by atoms with Crippen molar-refractivity contribution in [2.45, 2.75) is 58.8 Å². The molecule has 286 valence electrons. The van der Waals surface area contributed by atoms with Crippen LogP contribution in [0, 0.1) is 0 Å². The molecular weight excluding hydrogens is 713 g/mol. The molecule has 2 heteroatoms. The third-order valence-electron chi connectivity index (χ3n) is 12.8. The predicted octanol–water partition coefficient (Wildman–Crippen LogP) is 15.4. The molecule has 0 saturated carbocycles. The lowest BCUT2D eigenvalue weighted by atomic mass is 9.86. The molecule has 10 aromatic rings. The SMILES string of the molecule is CC(C)(C)c1ccc2c(c1)c1cc(-c3ccc4c(c3)-c3cc(-c5ccc6c(c5)c5cc(C(C)(C)C)ccc5n6-c5ccccc5)ccc3C4)ccc1n2-c1ccccc1. The second-order valence-electron chi connectivity index (χ2n) is 18.7. The van der Waals surface area contributed by atoms with E-state index in [4.69, 9.17) is 0 Å². The van der Waals surface area contributed by atoms with Gasteiger partial charge < -0.3 is 9.13 Å². The standard InChI is InChI=1S/C57H48N2/c1-56(2,3)42-23-27-54-50(34-42)48-32-38(21-25-52(48)58(54)44-13-9-7-10-14-44)36-17-19-40-29-41-20-18-37(31-47(41)46(40)30-36)39-22-26-53-49(33-39)51-35-43(57(4,5)6)24-28-55(51)59(53)45-15-11-8-12-16-45/h7-28,30-35H,29H2,1-6H3. The summed E-state index contributed by atoms with van der Waals surface area (Å²) >= 11 is 0. The van der Waals surface area contributed by atoms with Crippen molar-refractivity contribution in [3.63, 3.8) is 0 Å². The molecule has 0 spiro atoms. The number of para-hydroxylation sites is 2. The summed E-state index contributed by atoms with van der Waals surface area (Å²) in [5, 5.41) is 5.17. The Morgan fingerprint density at radius 1 is 0.339 bits per heavy atom. The van der Waals surface area contributed by atoms with Crippen molar-refractivity contribution >= 4 is 43.6 Å². The fraction of sp³-hybridized carbons (Fsp3) is 0.158. The Morgan fingerprint density at radius 2 is 0.678 bits per heavy atom. The molecule has 2 nitrogen and oxygen atoms in total. The minimum absolute atomic E-state index is 0.0573. The molecule has 11 rings (SSSR count). The van der Waals surface area contributed by atoms with Gasteiger partial charge in [-0.15, -0.1) is 0 Å². The first-order chi connectivity index (χ1) is 28.5. The van der Waals surface area contributed by atoms with Crippen molar-refractivity contribution in [1.29, 1.82) is 0 Å². The summed E-state index contributed by atoms with van der Waals surface area (Å²) in [6.45, 7) is 13.8. The lowest BCUT2D eigenvalue weighted by molar-refractivity contribution is 0.591. The highest BCUT2D eigenvalue weighted by Crippen LogP contribution is 2.44. The van der Waals surface area contributed by atoms with E-state index in [0.29, 0.717) is 0 Å². The molecule has 0 radical (unpaired) electrons. The van der Waals surface area contributed by atoms with E-state index in [1.54, 1.807) is 0 Å². The number of aromatic nitrogens is 2. The molecule has 0 aliphatic heterocycles. The minimum Gasteiger partial charge on any atom is -0.309 e. The molecule has 0 atom stereocenters. The van der Waals surface area contributed by atoms with Gasteiger partial charge in [0.25, 0.3) is 0 Å². The lowest BCUT2D eigenvalue weighted by Crippen LogP contribution is -2.10. The molecule has 0 bridgehead atoms. The Balaban J connectivity index is 1.02. The van der Waals surface area contributed by atoms with Gasteiger partial charge in [-0.2, -0.15) is 0 Å². The van der Waals surface area contributed by atoms with Crippen LogP contribution in [-0.4, -0.2) is 9.13 Å². The number of fused-ring (bicyclic) bond motifs is 9. The first-order valence-electron chi connectivity index (χ1n) is 21.0. The average Bonchev–Trinajstić information content (AvgIpc) is 3.89. The molecule has 8 aromatic carbocycles. The summed E-state index contributed by atoms with van der Waals surface area (Å²) < 4.78 is 4.84. The average molecular weight is 761 g/mol. The van der Waals surface area contributed by atoms with E-state index in [0.717, 1.165) is 6.42 Å². The second-order valence-corrected chi connectivity index (χ2v) is 18.7. The van der Waals surface area contributed by atoms with E-state index in [9.17, 15) is 0 Å². The smallest absolute Gasteiger partial charge is 0.0541 e. The Bertz CT molecular complexity index is 3070. The van der Waals surface area contributed by atoms with E-state index in [1.165, 1.54) is 111 Å². The van der Waals surface area contributed by atoms with Crippen LogP contribution in [0.4, 0.5) is 0 Å². The van der Waals surface area contributed by atoms with Crippen LogP contribution in [0.25, 0.3) is 88.4 Å². The maximum Gasteiger partial charge on any atom is 0.0541 e. The van der Waals surface area contributed by atoms with E-state index in [2.05, 4.69) is 221 Å². The molecule has 0 fully saturated rings. The Hall–Kier alpha value is -6.64. The van der Waals surface area contributed by atoms with Gasteiger partial charge in [-0.25, -0.2) is 0 Å². The number of nitrogens with zero attached hydrogens (tertiary/aromatic N) is 2. The minimum atomic E-state index is 0.0573. The monoisotopic (exact) mass is 760 g/mol. The number of rotatable bonds is 4. The summed E-state index contributed by atoms with van der Waals surface area (Å²) in [5.74, 6) is 0. The maximum absolute atomic E-state index is 2.44. The van der Waals surface area contributed by atoms with Crippen LogP contribution < -0.4 is 0 Å². The van der Waals surface area contributed by atoms with Crippen LogP contribution in [0.2, 0.25) is 0 Å². The molecule has 2 heterocycles. The van der Waals surface area contributed by atoms with Gasteiger partial charge in [-0.05, 0) is 158 Å². The molecule has 0 unspecified atom stereocenters. The first-order valence-corrected chi connectivity index (χ1v) is 21.0. The molecular formula is C57H48N2. The maximum atomic E-state index is 2.44.